The summed E-state index contributed by atoms with van der Waals surface area (Å²) in [6, 6.07) is 8.89. The predicted octanol–water partition coefficient (Wildman–Crippen LogP) is 2.65. The van der Waals surface area contributed by atoms with Crippen molar-refractivity contribution in [3.63, 3.8) is 0 Å². The third-order valence-corrected chi connectivity index (χ3v) is 4.20. The highest BCUT2D eigenvalue weighted by Crippen LogP contribution is 2.25. The van der Waals surface area contributed by atoms with Crippen LogP contribution in [0.15, 0.2) is 24.3 Å². The van der Waals surface area contributed by atoms with Crippen molar-refractivity contribution in [1.29, 1.82) is 0 Å². The van der Waals surface area contributed by atoms with Gasteiger partial charge in [-0.15, -0.1) is 0 Å². The van der Waals surface area contributed by atoms with Crippen molar-refractivity contribution in [3.8, 4) is 11.8 Å². The Morgan fingerprint density at radius 1 is 1.32 bits per heavy atom. The van der Waals surface area contributed by atoms with Crippen LogP contribution in [0, 0.1) is 17.8 Å². The molecule has 0 amide bonds. The minimum Gasteiger partial charge on any atom is -0.384 e. The molecule has 2 rings (SSSR count). The van der Waals surface area contributed by atoms with Crippen LogP contribution in [-0.2, 0) is 6.54 Å². The Kier molecular flexibility index (Phi) is 5.01. The van der Waals surface area contributed by atoms with Gasteiger partial charge in [0.2, 0.25) is 0 Å². The van der Waals surface area contributed by atoms with E-state index >= 15 is 0 Å². The molecule has 0 spiro atoms. The van der Waals surface area contributed by atoms with Gasteiger partial charge in [-0.3, -0.25) is 4.90 Å². The van der Waals surface area contributed by atoms with Gasteiger partial charge in [0.15, 0.2) is 0 Å². The van der Waals surface area contributed by atoms with Gasteiger partial charge in [0.25, 0.3) is 0 Å². The summed E-state index contributed by atoms with van der Waals surface area (Å²) in [7, 11) is 0. The van der Waals surface area contributed by atoms with E-state index in [9.17, 15) is 0 Å². The lowest BCUT2D eigenvalue weighted by molar-refractivity contribution is 0.106. The number of hydrogen-bond donors (Lipinski definition) is 1. The Labute approximate surface area is 116 Å². The van der Waals surface area contributed by atoms with E-state index in [1.165, 1.54) is 24.9 Å². The fraction of sp³-hybridized carbons (Fsp3) is 0.529. The zero-order valence-corrected chi connectivity index (χ0v) is 11.9. The third kappa shape index (κ3) is 3.59. The van der Waals surface area contributed by atoms with Crippen LogP contribution in [0.3, 0.4) is 0 Å². The highest BCUT2D eigenvalue weighted by molar-refractivity contribution is 5.41. The number of piperidine rings is 1. The molecule has 2 nitrogen and oxygen atoms in total. The summed E-state index contributed by atoms with van der Waals surface area (Å²) in [6.07, 6.45) is 2.62. The van der Waals surface area contributed by atoms with Crippen molar-refractivity contribution in [2.45, 2.75) is 39.3 Å². The van der Waals surface area contributed by atoms with Gasteiger partial charge in [-0.05, 0) is 43.9 Å². The summed E-state index contributed by atoms with van der Waals surface area (Å²) in [5.41, 5.74) is 2.31. The van der Waals surface area contributed by atoms with Gasteiger partial charge < -0.3 is 5.11 Å². The average molecular weight is 257 g/mol. The van der Waals surface area contributed by atoms with E-state index in [2.05, 4.69) is 42.7 Å². The lowest BCUT2D eigenvalue weighted by Crippen LogP contribution is -2.41. The molecule has 2 heteroatoms. The molecule has 1 aromatic rings. The predicted molar refractivity (Wildman–Crippen MR) is 78.7 cm³/mol. The minimum atomic E-state index is -0.0779. The Bertz CT molecular complexity index is 472. The molecule has 1 heterocycles. The number of nitrogens with zero attached hydrogens (tertiary/aromatic N) is 1. The molecular weight excluding hydrogens is 234 g/mol. The molecule has 102 valence electrons. The Balaban J connectivity index is 2.14. The second kappa shape index (κ2) is 6.75. The maximum atomic E-state index is 8.83. The molecule has 0 aromatic heterocycles. The van der Waals surface area contributed by atoms with Crippen LogP contribution in [0.5, 0.6) is 0 Å². The first-order valence-corrected chi connectivity index (χ1v) is 7.14. The normalized spacial score (nSPS) is 23.7. The molecule has 0 bridgehead atoms. The number of benzene rings is 1. The standard InChI is InChI=1S/C17H23NO/c1-14-7-5-11-18(15(14)2)13-17-9-4-3-8-16(17)10-6-12-19/h3-4,8-9,14-15,19H,5,7,11-13H2,1-2H3. The van der Waals surface area contributed by atoms with Gasteiger partial charge in [-0.25, -0.2) is 0 Å². The lowest BCUT2D eigenvalue weighted by Gasteiger charge is -2.38. The molecule has 1 aromatic carbocycles. The maximum absolute atomic E-state index is 8.83. The van der Waals surface area contributed by atoms with Gasteiger partial charge in [-0.1, -0.05) is 37.0 Å². The second-order valence-corrected chi connectivity index (χ2v) is 5.45. The highest BCUT2D eigenvalue weighted by atomic mass is 16.2. The minimum absolute atomic E-state index is 0.0779. The van der Waals surface area contributed by atoms with Gasteiger partial charge in [0, 0.05) is 18.2 Å². The Morgan fingerprint density at radius 3 is 2.89 bits per heavy atom. The number of hydrogen-bond acceptors (Lipinski definition) is 2. The zero-order valence-electron chi connectivity index (χ0n) is 11.9. The number of aliphatic hydroxyl groups is 1. The first-order valence-electron chi connectivity index (χ1n) is 7.14. The molecule has 0 radical (unpaired) electrons. The van der Waals surface area contributed by atoms with Crippen LogP contribution in [0.2, 0.25) is 0 Å². The van der Waals surface area contributed by atoms with Crippen molar-refractivity contribution in [2.24, 2.45) is 5.92 Å². The molecule has 19 heavy (non-hydrogen) atoms. The van der Waals surface area contributed by atoms with Gasteiger partial charge in [0.1, 0.15) is 6.61 Å². The quantitative estimate of drug-likeness (QED) is 0.823. The topological polar surface area (TPSA) is 23.5 Å². The number of rotatable bonds is 2. The zero-order chi connectivity index (χ0) is 13.7. The molecule has 1 aliphatic heterocycles. The van der Waals surface area contributed by atoms with E-state index < -0.39 is 0 Å². The summed E-state index contributed by atoms with van der Waals surface area (Å²) in [5, 5.41) is 8.83. The van der Waals surface area contributed by atoms with Crippen molar-refractivity contribution in [1.82, 2.24) is 4.90 Å². The van der Waals surface area contributed by atoms with Crippen LogP contribution in [0.25, 0.3) is 0 Å². The number of likely N-dealkylation sites (tertiary alicyclic amines) is 1. The Hall–Kier alpha value is -1.30. The van der Waals surface area contributed by atoms with Crippen LogP contribution >= 0.6 is 0 Å². The fourth-order valence-corrected chi connectivity index (χ4v) is 2.78. The Morgan fingerprint density at radius 2 is 2.11 bits per heavy atom. The summed E-state index contributed by atoms with van der Waals surface area (Å²) in [4.78, 5) is 2.55. The van der Waals surface area contributed by atoms with Crippen molar-refractivity contribution < 1.29 is 5.11 Å². The van der Waals surface area contributed by atoms with Crippen molar-refractivity contribution >= 4 is 0 Å². The van der Waals surface area contributed by atoms with Crippen LogP contribution in [-0.4, -0.2) is 29.2 Å². The second-order valence-electron chi connectivity index (χ2n) is 5.45. The van der Waals surface area contributed by atoms with Crippen LogP contribution in [0.1, 0.15) is 37.8 Å². The molecular formula is C17H23NO. The van der Waals surface area contributed by atoms with Crippen molar-refractivity contribution in [2.75, 3.05) is 13.2 Å². The molecule has 0 saturated carbocycles. The van der Waals surface area contributed by atoms with E-state index in [1.807, 2.05) is 12.1 Å². The smallest absolute Gasteiger partial charge is 0.104 e. The molecule has 0 aliphatic carbocycles. The molecule has 1 aliphatic rings. The molecule has 2 unspecified atom stereocenters. The third-order valence-electron chi connectivity index (χ3n) is 4.20. The molecule has 2 atom stereocenters. The molecule has 1 saturated heterocycles. The SMILES string of the molecule is CC1CCCN(Cc2ccccc2C#CCO)C1C. The first kappa shape index (κ1) is 14.1. The van der Waals surface area contributed by atoms with E-state index in [4.69, 9.17) is 5.11 Å². The van der Waals surface area contributed by atoms with E-state index in [1.54, 1.807) is 0 Å². The number of aliphatic hydroxyl groups excluding tert-OH is 1. The summed E-state index contributed by atoms with van der Waals surface area (Å²) in [6.45, 7) is 6.72. The van der Waals surface area contributed by atoms with Gasteiger partial charge >= 0.3 is 0 Å². The van der Waals surface area contributed by atoms with E-state index in [0.717, 1.165) is 18.0 Å². The highest BCUT2D eigenvalue weighted by Gasteiger charge is 2.24. The average Bonchev–Trinajstić information content (AvgIpc) is 2.43. The lowest BCUT2D eigenvalue weighted by atomic mass is 9.91. The molecule has 1 N–H and O–H groups in total. The molecule has 1 fully saturated rings. The first-order chi connectivity index (χ1) is 9.22. The van der Waals surface area contributed by atoms with Crippen LogP contribution < -0.4 is 0 Å². The maximum Gasteiger partial charge on any atom is 0.104 e. The van der Waals surface area contributed by atoms with E-state index in [0.29, 0.717) is 6.04 Å². The van der Waals surface area contributed by atoms with Crippen molar-refractivity contribution in [3.05, 3.63) is 35.4 Å². The summed E-state index contributed by atoms with van der Waals surface area (Å²) >= 11 is 0. The summed E-state index contributed by atoms with van der Waals surface area (Å²) < 4.78 is 0. The monoisotopic (exact) mass is 257 g/mol. The fourth-order valence-electron chi connectivity index (χ4n) is 2.78. The van der Waals surface area contributed by atoms with E-state index in [-0.39, 0.29) is 6.61 Å². The summed E-state index contributed by atoms with van der Waals surface area (Å²) in [5.74, 6) is 6.57. The van der Waals surface area contributed by atoms with Crippen LogP contribution in [0.4, 0.5) is 0 Å². The largest absolute Gasteiger partial charge is 0.384 e. The van der Waals surface area contributed by atoms with Gasteiger partial charge in [0.05, 0.1) is 0 Å². The van der Waals surface area contributed by atoms with Gasteiger partial charge in [-0.2, -0.15) is 0 Å².